The van der Waals surface area contributed by atoms with Gasteiger partial charge in [-0.15, -0.1) is 0 Å². The molecular formula is C17H13N5O4S2. The van der Waals surface area contributed by atoms with E-state index in [0.29, 0.717) is 16.3 Å². The molecule has 11 heteroatoms. The number of thiocarbonyl (C=S) groups is 1. The second-order valence-electron chi connectivity index (χ2n) is 5.60. The van der Waals surface area contributed by atoms with Crippen molar-refractivity contribution in [3.8, 4) is 0 Å². The van der Waals surface area contributed by atoms with Crippen LogP contribution in [0.15, 0.2) is 42.5 Å². The Balaban J connectivity index is 1.69. The predicted octanol–water partition coefficient (Wildman–Crippen LogP) is 3.29. The zero-order chi connectivity index (χ0) is 20.3. The number of amides is 2. The van der Waals surface area contributed by atoms with Gasteiger partial charge in [0.05, 0.1) is 15.1 Å². The van der Waals surface area contributed by atoms with Gasteiger partial charge in [-0.05, 0) is 36.5 Å². The number of non-ortho nitro benzene ring substituents is 1. The van der Waals surface area contributed by atoms with Crippen molar-refractivity contribution in [2.45, 2.75) is 6.92 Å². The highest BCUT2D eigenvalue weighted by molar-refractivity contribution is 7.80. The average Bonchev–Trinajstić information content (AvgIpc) is 3.02. The first-order valence-electron chi connectivity index (χ1n) is 7.87. The van der Waals surface area contributed by atoms with Gasteiger partial charge in [0.25, 0.3) is 11.6 Å². The number of fused-ring (bicyclic) bond motifs is 1. The van der Waals surface area contributed by atoms with E-state index in [9.17, 15) is 19.7 Å². The molecule has 0 aliphatic rings. The van der Waals surface area contributed by atoms with Crippen LogP contribution in [0.5, 0.6) is 0 Å². The maximum atomic E-state index is 12.2. The van der Waals surface area contributed by atoms with Crippen LogP contribution in [-0.4, -0.2) is 26.8 Å². The van der Waals surface area contributed by atoms with Crippen LogP contribution in [0, 0.1) is 10.1 Å². The van der Waals surface area contributed by atoms with Crippen molar-refractivity contribution in [3.63, 3.8) is 0 Å². The Morgan fingerprint density at radius 3 is 2.68 bits per heavy atom. The Labute approximate surface area is 167 Å². The van der Waals surface area contributed by atoms with Gasteiger partial charge in [-0.25, -0.2) is 4.98 Å². The van der Waals surface area contributed by atoms with Crippen molar-refractivity contribution in [2.24, 2.45) is 0 Å². The predicted molar refractivity (Wildman–Crippen MR) is 111 cm³/mol. The smallest absolute Gasteiger partial charge is 0.270 e. The van der Waals surface area contributed by atoms with Crippen molar-refractivity contribution >= 4 is 67.2 Å². The number of aromatic nitrogens is 1. The molecule has 0 aliphatic heterocycles. The number of nitrogens with zero attached hydrogens (tertiary/aromatic N) is 2. The number of nitro groups is 1. The SMILES string of the molecule is CC(=O)Nc1ccc2nc(NC(=S)NC(=O)c3cccc([N+](=O)[O-])c3)sc2c1. The second-order valence-corrected chi connectivity index (χ2v) is 7.04. The van der Waals surface area contributed by atoms with E-state index >= 15 is 0 Å². The quantitative estimate of drug-likeness (QED) is 0.339. The molecule has 2 aromatic carbocycles. The summed E-state index contributed by atoms with van der Waals surface area (Å²) in [7, 11) is 0. The molecule has 28 heavy (non-hydrogen) atoms. The lowest BCUT2D eigenvalue weighted by Gasteiger charge is -2.06. The van der Waals surface area contributed by atoms with Crippen molar-refractivity contribution in [1.29, 1.82) is 0 Å². The number of hydrogen-bond donors (Lipinski definition) is 3. The van der Waals surface area contributed by atoms with Gasteiger partial charge < -0.3 is 10.6 Å². The average molecular weight is 415 g/mol. The number of anilines is 2. The summed E-state index contributed by atoms with van der Waals surface area (Å²) in [6.07, 6.45) is 0. The van der Waals surface area contributed by atoms with Crippen LogP contribution in [0.25, 0.3) is 10.2 Å². The number of carbonyl (C=O) groups excluding carboxylic acids is 2. The van der Waals surface area contributed by atoms with Crippen LogP contribution in [0.1, 0.15) is 17.3 Å². The van der Waals surface area contributed by atoms with E-state index in [4.69, 9.17) is 12.2 Å². The Bertz CT molecular complexity index is 1110. The lowest BCUT2D eigenvalue weighted by Crippen LogP contribution is -2.34. The van der Waals surface area contributed by atoms with E-state index in [1.165, 1.54) is 42.5 Å². The van der Waals surface area contributed by atoms with Gasteiger partial charge in [-0.3, -0.25) is 25.0 Å². The number of nitro benzene ring substituents is 1. The molecule has 3 rings (SSSR count). The fourth-order valence-electron chi connectivity index (χ4n) is 2.32. The molecule has 9 nitrogen and oxygen atoms in total. The monoisotopic (exact) mass is 415 g/mol. The van der Waals surface area contributed by atoms with Crippen molar-refractivity contribution < 1.29 is 14.5 Å². The Morgan fingerprint density at radius 2 is 1.96 bits per heavy atom. The minimum Gasteiger partial charge on any atom is -0.326 e. The Kier molecular flexibility index (Phi) is 5.57. The fraction of sp³-hybridized carbons (Fsp3) is 0.0588. The Morgan fingerprint density at radius 1 is 1.18 bits per heavy atom. The van der Waals surface area contributed by atoms with E-state index in [0.717, 1.165) is 4.70 Å². The Hall–Kier alpha value is -3.44. The standard InChI is InChI=1S/C17H13N5O4S2/c1-9(23)18-11-5-6-13-14(8-11)28-17(19-13)21-16(27)20-15(24)10-3-2-4-12(7-10)22(25)26/h2-8H,1H3,(H,18,23)(H2,19,20,21,24,27). The minimum atomic E-state index is -0.580. The molecule has 0 saturated heterocycles. The van der Waals surface area contributed by atoms with Crippen LogP contribution in [-0.2, 0) is 4.79 Å². The molecular weight excluding hydrogens is 402 g/mol. The number of rotatable bonds is 4. The first kappa shape index (κ1) is 19.3. The molecule has 0 bridgehead atoms. The number of hydrogen-bond acceptors (Lipinski definition) is 7. The number of thiazole rings is 1. The van der Waals surface area contributed by atoms with Crippen LogP contribution in [0.3, 0.4) is 0 Å². The molecule has 3 N–H and O–H groups in total. The summed E-state index contributed by atoms with van der Waals surface area (Å²) in [5, 5.41) is 19.3. The lowest BCUT2D eigenvalue weighted by atomic mass is 10.2. The molecule has 1 heterocycles. The third-order valence-electron chi connectivity index (χ3n) is 3.48. The van der Waals surface area contributed by atoms with Crippen LogP contribution >= 0.6 is 23.6 Å². The summed E-state index contributed by atoms with van der Waals surface area (Å²) < 4.78 is 0.821. The maximum Gasteiger partial charge on any atom is 0.270 e. The minimum absolute atomic E-state index is 0.0117. The van der Waals surface area contributed by atoms with E-state index in [-0.39, 0.29) is 22.3 Å². The third kappa shape index (κ3) is 4.64. The van der Waals surface area contributed by atoms with Gasteiger partial charge in [0, 0.05) is 30.3 Å². The summed E-state index contributed by atoms with van der Waals surface area (Å²) in [5.41, 5.74) is 1.28. The van der Waals surface area contributed by atoms with Crippen molar-refractivity contribution in [3.05, 3.63) is 58.1 Å². The molecule has 0 unspecified atom stereocenters. The molecule has 0 atom stereocenters. The molecule has 2 amide bonds. The highest BCUT2D eigenvalue weighted by atomic mass is 32.1. The second kappa shape index (κ2) is 8.06. The highest BCUT2D eigenvalue weighted by Crippen LogP contribution is 2.28. The first-order chi connectivity index (χ1) is 13.3. The largest absolute Gasteiger partial charge is 0.326 e. The van der Waals surface area contributed by atoms with E-state index < -0.39 is 10.8 Å². The van der Waals surface area contributed by atoms with E-state index in [1.807, 2.05) is 0 Å². The van der Waals surface area contributed by atoms with Gasteiger partial charge in [0.15, 0.2) is 10.2 Å². The molecule has 3 aromatic rings. The topological polar surface area (TPSA) is 126 Å². The number of benzene rings is 2. The summed E-state index contributed by atoms with van der Waals surface area (Å²) in [4.78, 5) is 38.0. The zero-order valence-corrected chi connectivity index (χ0v) is 16.0. The van der Waals surface area contributed by atoms with Gasteiger partial charge >= 0.3 is 0 Å². The molecule has 0 spiro atoms. The van der Waals surface area contributed by atoms with Gasteiger partial charge in [-0.2, -0.15) is 0 Å². The maximum absolute atomic E-state index is 12.2. The number of carbonyl (C=O) groups is 2. The molecule has 1 aromatic heterocycles. The molecule has 0 radical (unpaired) electrons. The first-order valence-corrected chi connectivity index (χ1v) is 9.09. The number of nitrogens with one attached hydrogen (secondary N) is 3. The summed E-state index contributed by atoms with van der Waals surface area (Å²) in [6.45, 7) is 1.42. The normalized spacial score (nSPS) is 10.3. The fourth-order valence-corrected chi connectivity index (χ4v) is 3.49. The zero-order valence-electron chi connectivity index (χ0n) is 14.4. The van der Waals surface area contributed by atoms with Crippen molar-refractivity contribution in [2.75, 3.05) is 10.6 Å². The van der Waals surface area contributed by atoms with Gasteiger partial charge in [0.1, 0.15) is 0 Å². The molecule has 142 valence electrons. The van der Waals surface area contributed by atoms with Gasteiger partial charge in [0.2, 0.25) is 5.91 Å². The molecule has 0 fully saturated rings. The highest BCUT2D eigenvalue weighted by Gasteiger charge is 2.14. The van der Waals surface area contributed by atoms with Crippen LogP contribution in [0.4, 0.5) is 16.5 Å². The van der Waals surface area contributed by atoms with Crippen LogP contribution in [0.2, 0.25) is 0 Å². The molecule has 0 aliphatic carbocycles. The lowest BCUT2D eigenvalue weighted by molar-refractivity contribution is -0.384. The summed E-state index contributed by atoms with van der Waals surface area (Å²) in [6, 6.07) is 10.6. The van der Waals surface area contributed by atoms with E-state index in [1.54, 1.807) is 18.2 Å². The molecule has 0 saturated carbocycles. The summed E-state index contributed by atoms with van der Waals surface area (Å²) >= 11 is 6.41. The van der Waals surface area contributed by atoms with Gasteiger partial charge in [-0.1, -0.05) is 17.4 Å². The van der Waals surface area contributed by atoms with E-state index in [2.05, 4.69) is 20.9 Å². The third-order valence-corrected chi connectivity index (χ3v) is 4.61. The summed E-state index contributed by atoms with van der Waals surface area (Å²) in [5.74, 6) is -0.748. The van der Waals surface area contributed by atoms with Crippen LogP contribution < -0.4 is 16.0 Å². The van der Waals surface area contributed by atoms with Crippen molar-refractivity contribution in [1.82, 2.24) is 10.3 Å².